The largest absolute Gasteiger partial charge is 0.481 e. The third kappa shape index (κ3) is 3.20. The molecule has 1 aliphatic heterocycles. The van der Waals surface area contributed by atoms with E-state index in [2.05, 4.69) is 0 Å². The van der Waals surface area contributed by atoms with E-state index in [4.69, 9.17) is 10.8 Å². The van der Waals surface area contributed by atoms with Crippen LogP contribution in [0.4, 0.5) is 5.69 Å². The lowest BCUT2D eigenvalue weighted by atomic mass is 10.1. The molecule has 0 bridgehead atoms. The molecule has 0 aromatic heterocycles. The van der Waals surface area contributed by atoms with Crippen molar-refractivity contribution in [3.63, 3.8) is 0 Å². The average Bonchev–Trinajstić information content (AvgIpc) is 2.38. The fraction of sp³-hybridized carbons (Fsp3) is 0.385. The molecule has 0 aliphatic carbocycles. The summed E-state index contributed by atoms with van der Waals surface area (Å²) in [6.07, 6.45) is 0.0695. The number of carboxylic acids is 1. The Labute approximate surface area is 115 Å². The van der Waals surface area contributed by atoms with Gasteiger partial charge in [0.15, 0.2) is 0 Å². The summed E-state index contributed by atoms with van der Waals surface area (Å²) >= 11 is 1.74. The van der Waals surface area contributed by atoms with E-state index in [9.17, 15) is 9.59 Å². The lowest BCUT2D eigenvalue weighted by Crippen LogP contribution is -2.44. The Bertz CT molecular complexity index is 493. The number of carboxylic acid groups (broad SMARTS) is 1. The number of thioether (sulfide) groups is 1. The smallest absolute Gasteiger partial charge is 0.305 e. The van der Waals surface area contributed by atoms with Crippen LogP contribution in [0.1, 0.15) is 16.8 Å². The van der Waals surface area contributed by atoms with Gasteiger partial charge in [0.2, 0.25) is 0 Å². The van der Waals surface area contributed by atoms with Crippen LogP contribution in [0, 0.1) is 0 Å². The van der Waals surface area contributed by atoms with Crippen LogP contribution in [0.2, 0.25) is 0 Å². The topological polar surface area (TPSA) is 83.6 Å². The minimum atomic E-state index is -0.825. The Morgan fingerprint density at radius 2 is 2.16 bits per heavy atom. The molecule has 1 atom stereocenters. The Hall–Kier alpha value is -1.69. The summed E-state index contributed by atoms with van der Waals surface area (Å²) in [5.41, 5.74) is 6.57. The van der Waals surface area contributed by atoms with Crippen LogP contribution in [0.3, 0.4) is 0 Å². The number of nitrogens with two attached hydrogens (primary N) is 1. The van der Waals surface area contributed by atoms with Gasteiger partial charge in [-0.1, -0.05) is 12.1 Å². The first kappa shape index (κ1) is 13.7. The van der Waals surface area contributed by atoms with Gasteiger partial charge in [-0.25, -0.2) is 0 Å². The first-order chi connectivity index (χ1) is 9.09. The molecule has 0 saturated carbocycles. The third-order valence-corrected chi connectivity index (χ3v) is 4.21. The molecule has 1 aliphatic rings. The SMILES string of the molecule is NC(=O)c1ccccc1N1CCSCC1CC(=O)O. The predicted octanol–water partition coefficient (Wildman–Crippen LogP) is 1.18. The molecule has 0 radical (unpaired) electrons. The van der Waals surface area contributed by atoms with Gasteiger partial charge in [0.1, 0.15) is 0 Å². The normalized spacial score (nSPS) is 19.2. The number of anilines is 1. The number of amides is 1. The summed E-state index contributed by atoms with van der Waals surface area (Å²) in [7, 11) is 0. The van der Waals surface area contributed by atoms with Crippen molar-refractivity contribution in [2.45, 2.75) is 12.5 Å². The molecular formula is C13H16N2O3S. The van der Waals surface area contributed by atoms with Gasteiger partial charge in [-0.3, -0.25) is 9.59 Å². The second kappa shape index (κ2) is 5.97. The predicted molar refractivity (Wildman–Crippen MR) is 75.7 cm³/mol. The Kier molecular flexibility index (Phi) is 4.31. The summed E-state index contributed by atoms with van der Waals surface area (Å²) in [6, 6.07) is 7.00. The molecule has 2 rings (SSSR count). The maximum atomic E-state index is 11.5. The summed E-state index contributed by atoms with van der Waals surface area (Å²) in [4.78, 5) is 24.4. The molecule has 1 aromatic carbocycles. The molecule has 6 heteroatoms. The van der Waals surface area contributed by atoms with Gasteiger partial charge in [-0.05, 0) is 12.1 Å². The lowest BCUT2D eigenvalue weighted by molar-refractivity contribution is -0.137. The molecule has 0 spiro atoms. The zero-order valence-corrected chi connectivity index (χ0v) is 11.2. The van der Waals surface area contributed by atoms with Crippen LogP contribution < -0.4 is 10.6 Å². The first-order valence-electron chi connectivity index (χ1n) is 6.04. The van der Waals surface area contributed by atoms with Crippen molar-refractivity contribution >= 4 is 29.3 Å². The number of carbonyl (C=O) groups is 2. The maximum Gasteiger partial charge on any atom is 0.305 e. The summed E-state index contributed by atoms with van der Waals surface area (Å²) in [5.74, 6) is 0.361. The second-order valence-electron chi connectivity index (χ2n) is 4.40. The standard InChI is InChI=1S/C13H16N2O3S/c14-13(18)10-3-1-2-4-11(10)15-5-6-19-8-9(15)7-12(16)17/h1-4,9H,5-8H2,(H2,14,18)(H,16,17). The van der Waals surface area contributed by atoms with Crippen LogP contribution in [0.5, 0.6) is 0 Å². The van der Waals surface area contributed by atoms with E-state index in [0.29, 0.717) is 5.56 Å². The number of para-hydroxylation sites is 1. The van der Waals surface area contributed by atoms with E-state index >= 15 is 0 Å². The number of primary amides is 1. The molecule has 3 N–H and O–H groups in total. The van der Waals surface area contributed by atoms with Crippen LogP contribution in [0.15, 0.2) is 24.3 Å². The van der Waals surface area contributed by atoms with E-state index < -0.39 is 11.9 Å². The van der Waals surface area contributed by atoms with Gasteiger partial charge in [0.05, 0.1) is 12.0 Å². The zero-order chi connectivity index (χ0) is 13.8. The summed E-state index contributed by atoms with van der Waals surface area (Å²) < 4.78 is 0. The van der Waals surface area contributed by atoms with E-state index in [-0.39, 0.29) is 12.5 Å². The summed E-state index contributed by atoms with van der Waals surface area (Å²) in [5, 5.41) is 8.98. The number of rotatable bonds is 4. The fourth-order valence-electron chi connectivity index (χ4n) is 2.28. The molecule has 1 amide bonds. The van der Waals surface area contributed by atoms with Crippen molar-refractivity contribution in [3.8, 4) is 0 Å². The molecule has 1 fully saturated rings. The highest BCUT2D eigenvalue weighted by Gasteiger charge is 2.27. The number of benzene rings is 1. The summed E-state index contributed by atoms with van der Waals surface area (Å²) in [6.45, 7) is 0.729. The minimum Gasteiger partial charge on any atom is -0.481 e. The van der Waals surface area contributed by atoms with Crippen molar-refractivity contribution in [2.75, 3.05) is 23.0 Å². The molecule has 102 valence electrons. The molecule has 1 unspecified atom stereocenters. The highest BCUT2D eigenvalue weighted by atomic mass is 32.2. The molecular weight excluding hydrogens is 264 g/mol. The van der Waals surface area contributed by atoms with Crippen LogP contribution >= 0.6 is 11.8 Å². The fourth-order valence-corrected chi connectivity index (χ4v) is 3.34. The Morgan fingerprint density at radius 3 is 2.84 bits per heavy atom. The van der Waals surface area contributed by atoms with Crippen LogP contribution in [-0.2, 0) is 4.79 Å². The van der Waals surface area contributed by atoms with Gasteiger partial charge in [-0.2, -0.15) is 11.8 Å². The van der Waals surface area contributed by atoms with Crippen molar-refractivity contribution < 1.29 is 14.7 Å². The average molecular weight is 280 g/mol. The quantitative estimate of drug-likeness (QED) is 0.865. The number of nitrogens with zero attached hydrogens (tertiary/aromatic N) is 1. The van der Waals surface area contributed by atoms with E-state index in [0.717, 1.165) is 23.7 Å². The molecule has 19 heavy (non-hydrogen) atoms. The monoisotopic (exact) mass is 280 g/mol. The molecule has 1 aromatic rings. The van der Waals surface area contributed by atoms with E-state index in [1.807, 2.05) is 17.0 Å². The van der Waals surface area contributed by atoms with Crippen molar-refractivity contribution in [2.24, 2.45) is 5.73 Å². The van der Waals surface area contributed by atoms with Crippen molar-refractivity contribution in [1.82, 2.24) is 0 Å². The number of aliphatic carboxylic acids is 1. The second-order valence-corrected chi connectivity index (χ2v) is 5.55. The van der Waals surface area contributed by atoms with Gasteiger partial charge >= 0.3 is 5.97 Å². The number of carbonyl (C=O) groups excluding carboxylic acids is 1. The first-order valence-corrected chi connectivity index (χ1v) is 7.20. The third-order valence-electron chi connectivity index (χ3n) is 3.12. The minimum absolute atomic E-state index is 0.0695. The highest BCUT2D eigenvalue weighted by molar-refractivity contribution is 7.99. The Morgan fingerprint density at radius 1 is 1.42 bits per heavy atom. The van der Waals surface area contributed by atoms with Gasteiger partial charge in [-0.15, -0.1) is 0 Å². The molecule has 1 saturated heterocycles. The van der Waals surface area contributed by atoms with Crippen LogP contribution in [-0.4, -0.2) is 41.1 Å². The van der Waals surface area contributed by atoms with Crippen LogP contribution in [0.25, 0.3) is 0 Å². The van der Waals surface area contributed by atoms with Gasteiger partial charge < -0.3 is 15.7 Å². The highest BCUT2D eigenvalue weighted by Crippen LogP contribution is 2.28. The van der Waals surface area contributed by atoms with Gasteiger partial charge in [0, 0.05) is 29.8 Å². The molecule has 1 heterocycles. The van der Waals surface area contributed by atoms with Crippen molar-refractivity contribution in [3.05, 3.63) is 29.8 Å². The Balaban J connectivity index is 2.32. The molecule has 5 nitrogen and oxygen atoms in total. The van der Waals surface area contributed by atoms with E-state index in [1.165, 1.54) is 0 Å². The van der Waals surface area contributed by atoms with Crippen molar-refractivity contribution in [1.29, 1.82) is 0 Å². The zero-order valence-electron chi connectivity index (χ0n) is 10.4. The van der Waals surface area contributed by atoms with Gasteiger partial charge in [0.25, 0.3) is 5.91 Å². The maximum absolute atomic E-state index is 11.5. The number of hydrogen-bond acceptors (Lipinski definition) is 4. The lowest BCUT2D eigenvalue weighted by Gasteiger charge is -2.37. The van der Waals surface area contributed by atoms with E-state index in [1.54, 1.807) is 23.9 Å². The number of hydrogen-bond donors (Lipinski definition) is 2.